The average Bonchev–Trinajstić information content (AvgIpc) is 2.53. The number of aliphatic hydroxyl groups is 2. The van der Waals surface area contributed by atoms with Crippen molar-refractivity contribution in [3.05, 3.63) is 12.7 Å². The Hall–Kier alpha value is -0.380. The van der Waals surface area contributed by atoms with Crippen LogP contribution in [0.15, 0.2) is 12.7 Å². The van der Waals surface area contributed by atoms with E-state index >= 15 is 0 Å². The van der Waals surface area contributed by atoms with Gasteiger partial charge < -0.3 is 10.2 Å². The lowest BCUT2D eigenvalue weighted by atomic mass is 10.0. The molecule has 0 radical (unpaired) electrons. The number of unbranched alkanes of at least 4 members (excludes halogenated alkanes) is 13. The first-order chi connectivity index (χ1) is 11.5. The molecule has 0 rings (SSSR count). The fourth-order valence-corrected chi connectivity index (χ4v) is 3.13. The predicted octanol–water partition coefficient (Wildman–Crippen LogP) is 5.61. The van der Waals surface area contributed by atoms with E-state index in [0.29, 0.717) is 13.1 Å². The van der Waals surface area contributed by atoms with Crippen LogP contribution in [0.25, 0.3) is 0 Å². The molecule has 0 aromatic carbocycles. The van der Waals surface area contributed by atoms with Crippen LogP contribution in [-0.2, 0) is 0 Å². The van der Waals surface area contributed by atoms with Crippen LogP contribution >= 0.6 is 0 Å². The van der Waals surface area contributed by atoms with Crippen LogP contribution in [0.5, 0.6) is 0 Å². The maximum Gasteiger partial charge on any atom is 0.222 e. The molecule has 0 heterocycles. The molecular weight excluding hydrogens is 298 g/mol. The normalized spacial score (nSPS) is 12.0. The van der Waals surface area contributed by atoms with E-state index in [2.05, 4.69) is 13.5 Å². The third-order valence-electron chi connectivity index (χ3n) is 4.73. The minimum Gasteiger partial charge on any atom is -0.353 e. The van der Waals surface area contributed by atoms with Crippen molar-refractivity contribution in [3.63, 3.8) is 0 Å². The van der Waals surface area contributed by atoms with E-state index in [-0.39, 0.29) is 0 Å². The third kappa shape index (κ3) is 15.2. The van der Waals surface area contributed by atoms with Gasteiger partial charge in [-0.15, -0.1) is 6.58 Å². The molecule has 0 saturated heterocycles. The van der Waals surface area contributed by atoms with Gasteiger partial charge in [-0.25, -0.2) is 4.90 Å². The molecule has 0 aliphatic carbocycles. The van der Waals surface area contributed by atoms with Crippen molar-refractivity contribution in [2.75, 3.05) is 13.1 Å². The molecule has 0 saturated carbocycles. The van der Waals surface area contributed by atoms with Gasteiger partial charge in [-0.1, -0.05) is 96.5 Å². The summed E-state index contributed by atoms with van der Waals surface area (Å²) in [5.74, 6) is -1.73. The molecule has 144 valence electrons. The van der Waals surface area contributed by atoms with Crippen molar-refractivity contribution in [2.24, 2.45) is 0 Å². The first-order valence-electron chi connectivity index (χ1n) is 10.3. The molecule has 0 aliphatic rings. The zero-order valence-electron chi connectivity index (χ0n) is 16.4. The Morgan fingerprint density at radius 2 is 1.12 bits per heavy atom. The van der Waals surface area contributed by atoms with Gasteiger partial charge in [0.1, 0.15) is 0 Å². The molecule has 0 aliphatic heterocycles. The van der Waals surface area contributed by atoms with Crippen molar-refractivity contribution in [1.82, 2.24) is 4.90 Å². The third-order valence-corrected chi connectivity index (χ3v) is 4.73. The summed E-state index contributed by atoms with van der Waals surface area (Å²) in [7, 11) is 0. The fraction of sp³-hybridized carbons (Fsp3) is 0.905. The summed E-state index contributed by atoms with van der Waals surface area (Å²) in [4.78, 5) is 1.65. The van der Waals surface area contributed by atoms with E-state index in [4.69, 9.17) is 0 Å². The van der Waals surface area contributed by atoms with Crippen molar-refractivity contribution < 1.29 is 10.2 Å². The standard InChI is InChI=1S/C21H43NO2/c1-4-6-7-8-9-10-11-12-13-14-15-16-17-18-20-22(19-5-2)21(3,23)24/h5,23-24H,2,4,6-20H2,1,3H3. The van der Waals surface area contributed by atoms with Crippen LogP contribution in [0.2, 0.25) is 0 Å². The van der Waals surface area contributed by atoms with Crippen LogP contribution in [0.3, 0.4) is 0 Å². The fourth-order valence-electron chi connectivity index (χ4n) is 3.13. The molecule has 0 spiro atoms. The average molecular weight is 342 g/mol. The Morgan fingerprint density at radius 3 is 1.46 bits per heavy atom. The molecule has 0 amide bonds. The van der Waals surface area contributed by atoms with E-state index in [1.165, 1.54) is 90.4 Å². The van der Waals surface area contributed by atoms with Gasteiger partial charge in [-0.05, 0) is 6.42 Å². The van der Waals surface area contributed by atoms with E-state index in [0.717, 1.165) is 6.42 Å². The van der Waals surface area contributed by atoms with Crippen LogP contribution in [0, 0.1) is 0 Å². The maximum atomic E-state index is 9.65. The Balaban J connectivity index is 3.31. The first-order valence-corrected chi connectivity index (χ1v) is 10.3. The molecule has 0 bridgehead atoms. The van der Waals surface area contributed by atoms with Crippen LogP contribution in [0.1, 0.15) is 104 Å². The van der Waals surface area contributed by atoms with E-state index in [1.54, 1.807) is 11.0 Å². The highest BCUT2D eigenvalue weighted by atomic mass is 16.5. The number of hydrogen-bond donors (Lipinski definition) is 2. The Morgan fingerprint density at radius 1 is 0.750 bits per heavy atom. The molecule has 0 aromatic heterocycles. The maximum absolute atomic E-state index is 9.65. The first kappa shape index (κ1) is 23.6. The molecule has 0 unspecified atom stereocenters. The van der Waals surface area contributed by atoms with Crippen LogP contribution in [0.4, 0.5) is 0 Å². The van der Waals surface area contributed by atoms with Gasteiger partial charge in [-0.2, -0.15) is 0 Å². The minimum absolute atomic E-state index is 0.516. The predicted molar refractivity (Wildman–Crippen MR) is 105 cm³/mol. The monoisotopic (exact) mass is 341 g/mol. The highest BCUT2D eigenvalue weighted by molar-refractivity contribution is 4.76. The Labute approximate surface area is 151 Å². The smallest absolute Gasteiger partial charge is 0.222 e. The summed E-state index contributed by atoms with van der Waals surface area (Å²) < 4.78 is 0. The van der Waals surface area contributed by atoms with Crippen molar-refractivity contribution in [3.8, 4) is 0 Å². The van der Waals surface area contributed by atoms with Gasteiger partial charge in [0.2, 0.25) is 5.91 Å². The van der Waals surface area contributed by atoms with Crippen molar-refractivity contribution >= 4 is 0 Å². The Bertz CT molecular complexity index is 274. The van der Waals surface area contributed by atoms with Gasteiger partial charge in [0.15, 0.2) is 0 Å². The highest BCUT2D eigenvalue weighted by Gasteiger charge is 2.23. The second-order valence-corrected chi connectivity index (χ2v) is 7.30. The van der Waals surface area contributed by atoms with Gasteiger partial charge >= 0.3 is 0 Å². The summed E-state index contributed by atoms with van der Waals surface area (Å²) in [6, 6.07) is 0. The number of rotatable bonds is 18. The molecule has 0 fully saturated rings. The van der Waals surface area contributed by atoms with Crippen LogP contribution < -0.4 is 0 Å². The quantitative estimate of drug-likeness (QED) is 0.193. The van der Waals surface area contributed by atoms with E-state index in [1.807, 2.05) is 0 Å². The van der Waals surface area contributed by atoms with Crippen LogP contribution in [-0.4, -0.2) is 34.1 Å². The minimum atomic E-state index is -1.73. The zero-order valence-corrected chi connectivity index (χ0v) is 16.4. The topological polar surface area (TPSA) is 43.7 Å². The molecule has 3 heteroatoms. The summed E-state index contributed by atoms with van der Waals surface area (Å²) in [5.41, 5.74) is 0. The van der Waals surface area contributed by atoms with Gasteiger partial charge in [0.25, 0.3) is 0 Å². The van der Waals surface area contributed by atoms with Gasteiger partial charge in [-0.3, -0.25) is 0 Å². The second-order valence-electron chi connectivity index (χ2n) is 7.30. The van der Waals surface area contributed by atoms with Crippen molar-refractivity contribution in [2.45, 2.75) is 110 Å². The largest absolute Gasteiger partial charge is 0.353 e. The molecule has 0 atom stereocenters. The summed E-state index contributed by atoms with van der Waals surface area (Å²) in [6.45, 7) is 8.59. The Kier molecular flexibility index (Phi) is 15.9. The van der Waals surface area contributed by atoms with Gasteiger partial charge in [0, 0.05) is 20.0 Å². The number of nitrogens with zero attached hydrogens (tertiary/aromatic N) is 1. The lowest BCUT2D eigenvalue weighted by Crippen LogP contribution is -2.46. The van der Waals surface area contributed by atoms with E-state index in [9.17, 15) is 10.2 Å². The van der Waals surface area contributed by atoms with Crippen molar-refractivity contribution in [1.29, 1.82) is 0 Å². The number of hydrogen-bond acceptors (Lipinski definition) is 3. The molecule has 0 aromatic rings. The molecule has 2 N–H and O–H groups in total. The van der Waals surface area contributed by atoms with Gasteiger partial charge in [0.05, 0.1) is 0 Å². The highest BCUT2D eigenvalue weighted by Crippen LogP contribution is 2.14. The summed E-state index contributed by atoms with van der Waals surface area (Å²) in [6.07, 6.45) is 20.4. The lowest BCUT2D eigenvalue weighted by molar-refractivity contribution is -0.247. The lowest BCUT2D eigenvalue weighted by Gasteiger charge is -2.31. The zero-order chi connectivity index (χ0) is 18.1. The second kappa shape index (κ2) is 16.1. The SMILES string of the molecule is C=CCN(CCCCCCCCCCCCCCCC)C(C)(O)O. The summed E-state index contributed by atoms with van der Waals surface area (Å²) >= 11 is 0. The molecule has 3 nitrogen and oxygen atoms in total. The molecular formula is C21H43NO2. The molecule has 24 heavy (non-hydrogen) atoms. The summed E-state index contributed by atoms with van der Waals surface area (Å²) in [5, 5.41) is 19.3. The van der Waals surface area contributed by atoms with E-state index < -0.39 is 5.91 Å².